The highest BCUT2D eigenvalue weighted by atomic mass is 35.5. The molecule has 0 saturated heterocycles. The van der Waals surface area contributed by atoms with Crippen LogP contribution in [0.1, 0.15) is 0 Å². The van der Waals surface area contributed by atoms with Crippen LogP contribution in [0, 0.1) is 0 Å². The summed E-state index contributed by atoms with van der Waals surface area (Å²) in [7, 11) is 1.83. The van der Waals surface area contributed by atoms with E-state index in [1.807, 2.05) is 13.2 Å². The van der Waals surface area contributed by atoms with Crippen LogP contribution in [0.25, 0.3) is 0 Å². The number of hydrogen-bond donors (Lipinski definition) is 1. The topological polar surface area (TPSA) is 82.5 Å². The van der Waals surface area contributed by atoms with Crippen LogP contribution in [0.4, 0.5) is 5.95 Å². The first-order valence-electron chi connectivity index (χ1n) is 3.97. The lowest BCUT2D eigenvalue weighted by molar-refractivity contribution is 0.766. The summed E-state index contributed by atoms with van der Waals surface area (Å²) in [4.78, 5) is 12.4. The molecule has 0 unspecified atom stereocenters. The fraction of sp³-hybridized carbons (Fsp3) is 0.143. The van der Waals surface area contributed by atoms with Gasteiger partial charge >= 0.3 is 0 Å². The number of aryl methyl sites for hydroxylation is 1. The Morgan fingerprint density at radius 1 is 1.40 bits per heavy atom. The number of hydrogen-bond acceptors (Lipinski definition) is 6. The highest BCUT2D eigenvalue weighted by molar-refractivity contribution is 7.99. The van der Waals surface area contributed by atoms with Crippen molar-refractivity contribution in [3.63, 3.8) is 0 Å². The van der Waals surface area contributed by atoms with Crippen LogP contribution in [0.5, 0.6) is 0 Å². The molecule has 6 nitrogen and oxygen atoms in total. The van der Waals surface area contributed by atoms with Crippen LogP contribution < -0.4 is 5.73 Å². The number of rotatable bonds is 2. The summed E-state index contributed by atoms with van der Waals surface area (Å²) in [5, 5.41) is 4.57. The molecule has 0 aliphatic rings. The van der Waals surface area contributed by atoms with Crippen LogP contribution in [0.3, 0.4) is 0 Å². The molecule has 2 aromatic heterocycles. The van der Waals surface area contributed by atoms with Gasteiger partial charge in [-0.05, 0) is 23.4 Å². The van der Waals surface area contributed by atoms with E-state index >= 15 is 0 Å². The van der Waals surface area contributed by atoms with E-state index in [1.54, 1.807) is 10.9 Å². The molecule has 0 aliphatic heterocycles. The zero-order valence-corrected chi connectivity index (χ0v) is 9.33. The molecule has 8 heteroatoms. The fourth-order valence-corrected chi connectivity index (χ4v) is 1.95. The SMILES string of the molecule is Cn1cc(Sc2nc(N)nc(Cl)n2)cn1. The van der Waals surface area contributed by atoms with Gasteiger partial charge in [0.25, 0.3) is 0 Å². The van der Waals surface area contributed by atoms with Crippen LogP contribution in [-0.4, -0.2) is 24.7 Å². The van der Waals surface area contributed by atoms with Crippen LogP contribution in [0.15, 0.2) is 22.4 Å². The lowest BCUT2D eigenvalue weighted by atomic mass is 10.7. The molecule has 0 fully saturated rings. The molecule has 0 atom stereocenters. The number of nitrogens with two attached hydrogens (primary N) is 1. The molecular formula is C7H7ClN6S. The van der Waals surface area contributed by atoms with Gasteiger partial charge in [-0.1, -0.05) is 0 Å². The highest BCUT2D eigenvalue weighted by Gasteiger charge is 2.05. The Balaban J connectivity index is 2.24. The molecule has 2 rings (SSSR count). The van der Waals surface area contributed by atoms with Crippen molar-refractivity contribution in [2.45, 2.75) is 10.1 Å². The summed E-state index contributed by atoms with van der Waals surface area (Å²) < 4.78 is 1.69. The second-order valence-electron chi connectivity index (χ2n) is 2.70. The Labute approximate surface area is 94.9 Å². The normalized spacial score (nSPS) is 10.5. The average Bonchev–Trinajstić information content (AvgIpc) is 2.49. The molecule has 78 valence electrons. The van der Waals surface area contributed by atoms with Gasteiger partial charge in [-0.2, -0.15) is 20.1 Å². The van der Waals surface area contributed by atoms with Gasteiger partial charge in [-0.3, -0.25) is 4.68 Å². The van der Waals surface area contributed by atoms with E-state index in [0.29, 0.717) is 5.16 Å². The molecule has 0 radical (unpaired) electrons. The zero-order chi connectivity index (χ0) is 10.8. The summed E-state index contributed by atoms with van der Waals surface area (Å²) in [6.45, 7) is 0. The van der Waals surface area contributed by atoms with Crippen molar-refractivity contribution < 1.29 is 0 Å². The van der Waals surface area contributed by atoms with Crippen molar-refractivity contribution in [3.05, 3.63) is 17.7 Å². The van der Waals surface area contributed by atoms with E-state index in [2.05, 4.69) is 20.1 Å². The number of anilines is 1. The summed E-state index contributed by atoms with van der Waals surface area (Å²) in [6.07, 6.45) is 3.55. The molecule has 2 heterocycles. The summed E-state index contributed by atoms with van der Waals surface area (Å²) in [6, 6.07) is 0. The quantitative estimate of drug-likeness (QED) is 0.846. The van der Waals surface area contributed by atoms with E-state index in [4.69, 9.17) is 17.3 Å². The lowest BCUT2D eigenvalue weighted by Crippen LogP contribution is -1.98. The van der Waals surface area contributed by atoms with E-state index < -0.39 is 0 Å². The van der Waals surface area contributed by atoms with Crippen LogP contribution in [-0.2, 0) is 7.05 Å². The molecule has 0 saturated carbocycles. The second kappa shape index (κ2) is 4.03. The minimum absolute atomic E-state index is 0.0916. The van der Waals surface area contributed by atoms with E-state index in [1.165, 1.54) is 11.8 Å². The van der Waals surface area contributed by atoms with Gasteiger partial charge in [0.1, 0.15) is 0 Å². The van der Waals surface area contributed by atoms with Gasteiger partial charge < -0.3 is 5.73 Å². The number of nitrogens with zero attached hydrogens (tertiary/aromatic N) is 5. The Bertz CT molecular complexity index is 464. The fourth-order valence-electron chi connectivity index (χ4n) is 0.949. The molecular weight excluding hydrogens is 236 g/mol. The molecule has 0 spiro atoms. The second-order valence-corrected chi connectivity index (χ2v) is 4.08. The Morgan fingerprint density at radius 2 is 2.20 bits per heavy atom. The maximum Gasteiger partial charge on any atom is 0.228 e. The third-order valence-corrected chi connectivity index (χ3v) is 2.48. The Morgan fingerprint density at radius 3 is 2.80 bits per heavy atom. The molecule has 15 heavy (non-hydrogen) atoms. The number of aromatic nitrogens is 5. The van der Waals surface area contributed by atoms with E-state index in [9.17, 15) is 0 Å². The predicted molar refractivity (Wildman–Crippen MR) is 56.6 cm³/mol. The summed E-state index contributed by atoms with van der Waals surface area (Å²) in [5.74, 6) is 0.112. The summed E-state index contributed by atoms with van der Waals surface area (Å²) in [5.41, 5.74) is 5.44. The van der Waals surface area contributed by atoms with E-state index in [-0.39, 0.29) is 11.2 Å². The van der Waals surface area contributed by atoms with Crippen molar-refractivity contribution in [2.24, 2.45) is 7.05 Å². The molecule has 0 amide bonds. The van der Waals surface area contributed by atoms with Crippen molar-refractivity contribution in [3.8, 4) is 0 Å². The number of halogens is 1. The van der Waals surface area contributed by atoms with Gasteiger partial charge in [0, 0.05) is 13.2 Å². The minimum atomic E-state index is 0.0916. The van der Waals surface area contributed by atoms with Crippen molar-refractivity contribution in [1.29, 1.82) is 0 Å². The zero-order valence-electron chi connectivity index (χ0n) is 7.75. The molecule has 0 aliphatic carbocycles. The van der Waals surface area contributed by atoms with Gasteiger partial charge in [0.15, 0.2) is 5.16 Å². The van der Waals surface area contributed by atoms with E-state index in [0.717, 1.165) is 4.90 Å². The van der Waals surface area contributed by atoms with Gasteiger partial charge in [-0.25, -0.2) is 0 Å². The Hall–Kier alpha value is -1.34. The number of nitrogen functional groups attached to an aromatic ring is 1. The van der Waals surface area contributed by atoms with Gasteiger partial charge in [0.05, 0.1) is 11.1 Å². The molecule has 2 aromatic rings. The monoisotopic (exact) mass is 242 g/mol. The highest BCUT2D eigenvalue weighted by Crippen LogP contribution is 2.24. The lowest BCUT2D eigenvalue weighted by Gasteiger charge is -1.97. The largest absolute Gasteiger partial charge is 0.368 e. The predicted octanol–water partition coefficient (Wildman–Crippen LogP) is 0.992. The molecule has 0 bridgehead atoms. The third kappa shape index (κ3) is 2.57. The Kier molecular flexibility index (Phi) is 2.74. The average molecular weight is 243 g/mol. The standard InChI is InChI=1S/C7H7ClN6S/c1-14-3-4(2-10-14)15-7-12-5(8)11-6(9)13-7/h2-3H,1H3,(H2,9,11,12,13). The first kappa shape index (κ1) is 10.2. The first-order valence-corrected chi connectivity index (χ1v) is 5.16. The molecule has 2 N–H and O–H groups in total. The van der Waals surface area contributed by atoms with Crippen LogP contribution >= 0.6 is 23.4 Å². The van der Waals surface area contributed by atoms with Crippen LogP contribution in [0.2, 0.25) is 5.28 Å². The molecule has 0 aromatic carbocycles. The van der Waals surface area contributed by atoms with Crippen molar-refractivity contribution in [2.75, 3.05) is 5.73 Å². The maximum absolute atomic E-state index is 5.65. The van der Waals surface area contributed by atoms with Crippen molar-refractivity contribution in [1.82, 2.24) is 24.7 Å². The third-order valence-electron chi connectivity index (χ3n) is 1.50. The smallest absolute Gasteiger partial charge is 0.228 e. The van der Waals surface area contributed by atoms with Crippen molar-refractivity contribution >= 4 is 29.3 Å². The van der Waals surface area contributed by atoms with Gasteiger partial charge in [0.2, 0.25) is 11.2 Å². The first-order chi connectivity index (χ1) is 7.13. The van der Waals surface area contributed by atoms with Gasteiger partial charge in [-0.15, -0.1) is 0 Å². The minimum Gasteiger partial charge on any atom is -0.368 e. The maximum atomic E-state index is 5.65. The summed E-state index contributed by atoms with van der Waals surface area (Å²) >= 11 is 6.97.